The second-order valence-electron chi connectivity index (χ2n) is 5.99. The zero-order valence-corrected chi connectivity index (χ0v) is 16.9. The zero-order chi connectivity index (χ0) is 18.6. The maximum Gasteiger partial charge on any atom is 0.262 e. The van der Waals surface area contributed by atoms with Crippen molar-refractivity contribution in [1.82, 2.24) is 14.9 Å². The van der Waals surface area contributed by atoms with Gasteiger partial charge < -0.3 is 10.4 Å². The predicted molar refractivity (Wildman–Crippen MR) is 104 cm³/mol. The first-order valence-electron chi connectivity index (χ1n) is 8.12. The minimum absolute atomic E-state index is 0.104. The van der Waals surface area contributed by atoms with Crippen molar-refractivity contribution in [3.63, 3.8) is 0 Å². The Kier molecular flexibility index (Phi) is 7.04. The largest absolute Gasteiger partial charge is 0.392 e. The number of rotatable bonds is 7. The Bertz CT molecular complexity index is 823. The topological polar surface area (TPSA) is 84.2 Å². The van der Waals surface area contributed by atoms with Gasteiger partial charge in [-0.15, -0.1) is 0 Å². The summed E-state index contributed by atoms with van der Waals surface area (Å²) in [6, 6.07) is 5.40. The zero-order valence-electron chi connectivity index (χ0n) is 14.5. The summed E-state index contributed by atoms with van der Waals surface area (Å²) in [7, 11) is 0. The molecule has 1 aromatic heterocycles. The molecule has 2 N–H and O–H groups in total. The molecule has 0 aliphatic carbocycles. The molecule has 2 rings (SSSR count). The lowest BCUT2D eigenvalue weighted by Crippen LogP contribution is -2.33. The van der Waals surface area contributed by atoms with Crippen molar-refractivity contribution >= 4 is 44.5 Å². The molecule has 136 valence electrons. The number of halogens is 1. The van der Waals surface area contributed by atoms with Gasteiger partial charge in [-0.1, -0.05) is 34.6 Å². The number of benzene rings is 1. The molecule has 2 atom stereocenters. The molecule has 0 bridgehead atoms. The van der Waals surface area contributed by atoms with E-state index in [1.807, 2.05) is 19.9 Å². The van der Waals surface area contributed by atoms with E-state index in [-0.39, 0.29) is 29.8 Å². The van der Waals surface area contributed by atoms with Gasteiger partial charge in [-0.2, -0.15) is 0 Å². The molecular weight excluding hydrogens is 406 g/mol. The van der Waals surface area contributed by atoms with Crippen molar-refractivity contribution in [2.24, 2.45) is 0 Å². The number of amides is 1. The van der Waals surface area contributed by atoms with Crippen LogP contribution in [-0.2, 0) is 11.3 Å². The van der Waals surface area contributed by atoms with E-state index in [0.29, 0.717) is 16.1 Å². The van der Waals surface area contributed by atoms with Crippen LogP contribution >= 0.6 is 27.7 Å². The highest BCUT2D eigenvalue weighted by atomic mass is 79.9. The fourth-order valence-electron chi connectivity index (χ4n) is 2.26. The molecule has 1 amide bonds. The third-order valence-corrected chi connectivity index (χ3v) is 5.15. The Hall–Kier alpha value is -1.38. The molecule has 25 heavy (non-hydrogen) atoms. The van der Waals surface area contributed by atoms with Crippen LogP contribution in [0.2, 0.25) is 0 Å². The van der Waals surface area contributed by atoms with E-state index in [2.05, 4.69) is 26.2 Å². The smallest absolute Gasteiger partial charge is 0.262 e. The van der Waals surface area contributed by atoms with Gasteiger partial charge in [0.1, 0.15) is 0 Å². The molecule has 0 saturated heterocycles. The van der Waals surface area contributed by atoms with Crippen molar-refractivity contribution < 1.29 is 9.90 Å². The second-order valence-corrected chi connectivity index (χ2v) is 7.84. The number of aliphatic hydroxyl groups excluding tert-OH is 1. The van der Waals surface area contributed by atoms with E-state index in [9.17, 15) is 14.7 Å². The molecule has 0 aliphatic heterocycles. The number of carbonyl (C=O) groups excluding carboxylic acids is 1. The molecule has 0 radical (unpaired) electrons. The Morgan fingerprint density at radius 1 is 1.44 bits per heavy atom. The van der Waals surface area contributed by atoms with E-state index in [4.69, 9.17) is 0 Å². The maximum absolute atomic E-state index is 12.8. The van der Waals surface area contributed by atoms with Gasteiger partial charge >= 0.3 is 0 Å². The molecule has 0 fully saturated rings. The number of hydrogen-bond acceptors (Lipinski definition) is 5. The van der Waals surface area contributed by atoms with Crippen LogP contribution in [0.5, 0.6) is 0 Å². The first-order chi connectivity index (χ1) is 11.8. The van der Waals surface area contributed by atoms with Gasteiger partial charge in [0.25, 0.3) is 5.56 Å². The highest BCUT2D eigenvalue weighted by Gasteiger charge is 2.15. The number of nitrogens with one attached hydrogen (secondary N) is 1. The minimum Gasteiger partial charge on any atom is -0.392 e. The van der Waals surface area contributed by atoms with Crippen LogP contribution in [-0.4, -0.2) is 38.5 Å². The molecule has 0 unspecified atom stereocenters. The molecular formula is C17H22BrN3O3S. The van der Waals surface area contributed by atoms with Gasteiger partial charge in [0, 0.05) is 10.5 Å². The molecule has 6 nitrogen and oxygen atoms in total. The van der Waals surface area contributed by atoms with Gasteiger partial charge in [0.2, 0.25) is 5.91 Å². The van der Waals surface area contributed by atoms with E-state index < -0.39 is 6.10 Å². The number of nitrogens with zero attached hydrogens (tertiary/aromatic N) is 2. The van der Waals surface area contributed by atoms with Crippen molar-refractivity contribution in [3.8, 4) is 0 Å². The lowest BCUT2D eigenvalue weighted by molar-refractivity contribution is -0.119. The number of hydrogen-bond donors (Lipinski definition) is 2. The van der Waals surface area contributed by atoms with Crippen LogP contribution in [0.15, 0.2) is 32.6 Å². The Morgan fingerprint density at radius 3 is 2.80 bits per heavy atom. The fourth-order valence-corrected chi connectivity index (χ4v) is 3.44. The quantitative estimate of drug-likeness (QED) is 0.523. The normalized spacial score (nSPS) is 13.6. The van der Waals surface area contributed by atoms with Crippen LogP contribution in [0, 0.1) is 0 Å². The van der Waals surface area contributed by atoms with Crippen LogP contribution in [0.4, 0.5) is 0 Å². The first kappa shape index (κ1) is 19.9. The van der Waals surface area contributed by atoms with E-state index >= 15 is 0 Å². The second kappa shape index (κ2) is 8.82. The molecule has 1 heterocycles. The van der Waals surface area contributed by atoms with E-state index in [1.165, 1.54) is 16.3 Å². The fraction of sp³-hybridized carbons (Fsp3) is 0.471. The summed E-state index contributed by atoms with van der Waals surface area (Å²) in [6.07, 6.45) is 0.157. The molecule has 0 aliphatic rings. The third-order valence-electron chi connectivity index (χ3n) is 3.68. The average Bonchev–Trinajstić information content (AvgIpc) is 2.56. The van der Waals surface area contributed by atoms with Crippen LogP contribution in [0.25, 0.3) is 10.9 Å². The van der Waals surface area contributed by atoms with Gasteiger partial charge in [-0.25, -0.2) is 4.98 Å². The summed E-state index contributed by atoms with van der Waals surface area (Å²) < 4.78 is 2.22. The lowest BCUT2D eigenvalue weighted by Gasteiger charge is -2.15. The summed E-state index contributed by atoms with van der Waals surface area (Å²) in [5, 5.41) is 13.5. The third kappa shape index (κ3) is 5.29. The summed E-state index contributed by atoms with van der Waals surface area (Å²) in [5.74, 6) is 0.0617. The Morgan fingerprint density at radius 2 is 2.16 bits per heavy atom. The molecule has 0 spiro atoms. The Balaban J connectivity index is 2.35. The average molecular weight is 428 g/mol. The number of carbonyl (C=O) groups is 1. The van der Waals surface area contributed by atoms with Crippen molar-refractivity contribution in [3.05, 3.63) is 33.0 Å². The summed E-state index contributed by atoms with van der Waals surface area (Å²) >= 11 is 4.56. The van der Waals surface area contributed by atoms with E-state index in [1.54, 1.807) is 19.1 Å². The summed E-state index contributed by atoms with van der Waals surface area (Å²) in [6.45, 7) is 5.69. The van der Waals surface area contributed by atoms with Crippen LogP contribution in [0.3, 0.4) is 0 Å². The van der Waals surface area contributed by atoms with Gasteiger partial charge in [0.05, 0.1) is 29.3 Å². The number of aliphatic hydroxyl groups is 1. The number of fused-ring (bicyclic) bond motifs is 1. The number of thioether (sulfide) groups is 1. The van der Waals surface area contributed by atoms with Gasteiger partial charge in [0.15, 0.2) is 5.16 Å². The van der Waals surface area contributed by atoms with Gasteiger partial charge in [-0.3, -0.25) is 14.2 Å². The Labute approximate surface area is 159 Å². The van der Waals surface area contributed by atoms with Gasteiger partial charge in [-0.05, 0) is 38.5 Å². The minimum atomic E-state index is -0.697. The molecule has 8 heteroatoms. The van der Waals surface area contributed by atoms with Crippen LogP contribution in [0.1, 0.15) is 27.2 Å². The van der Waals surface area contributed by atoms with Crippen molar-refractivity contribution in [1.29, 1.82) is 0 Å². The lowest BCUT2D eigenvalue weighted by atomic mass is 10.2. The monoisotopic (exact) mass is 427 g/mol. The molecule has 2 aromatic rings. The molecule has 0 saturated carbocycles. The highest BCUT2D eigenvalue weighted by molar-refractivity contribution is 9.10. The van der Waals surface area contributed by atoms with Crippen molar-refractivity contribution in [2.75, 3.05) is 5.75 Å². The predicted octanol–water partition coefficient (Wildman–Crippen LogP) is 2.55. The van der Waals surface area contributed by atoms with E-state index in [0.717, 1.165) is 10.9 Å². The van der Waals surface area contributed by atoms with Crippen LogP contribution < -0.4 is 10.9 Å². The summed E-state index contributed by atoms with van der Waals surface area (Å²) in [4.78, 5) is 29.3. The molecule has 1 aromatic carbocycles. The standard InChI is InChI=1S/C17H22BrN3O3S/c1-4-10(2)19-15(23)9-25-17-20-14-6-5-12(18)7-13(14)16(24)21(17)8-11(3)22/h5-7,10-11,22H,4,8-9H2,1-3H3,(H,19,23)/t10-,11+/m0/s1. The SMILES string of the molecule is CC[C@H](C)NC(=O)CSc1nc2ccc(Br)cc2c(=O)n1C[C@@H](C)O. The first-order valence-corrected chi connectivity index (χ1v) is 9.90. The summed E-state index contributed by atoms with van der Waals surface area (Å²) in [5.41, 5.74) is 0.344. The maximum atomic E-state index is 12.8. The number of aromatic nitrogens is 2. The van der Waals surface area contributed by atoms with Crippen molar-refractivity contribution in [2.45, 2.75) is 51.0 Å². The highest BCUT2D eigenvalue weighted by Crippen LogP contribution is 2.20.